The van der Waals surface area contributed by atoms with E-state index in [9.17, 15) is 14.7 Å². The molecule has 4 N–H and O–H groups in total. The van der Waals surface area contributed by atoms with Crippen LogP contribution in [0, 0.1) is 0 Å². The quantitative estimate of drug-likeness (QED) is 0.510. The van der Waals surface area contributed by atoms with Crippen LogP contribution < -0.4 is 25.4 Å². The number of hydrogen-bond acceptors (Lipinski definition) is 6. The Hall–Kier alpha value is -3.30. The minimum Gasteiger partial charge on any atom is -0.454 e. The van der Waals surface area contributed by atoms with Crippen LogP contribution in [-0.4, -0.2) is 48.7 Å². The Morgan fingerprint density at radius 2 is 1.88 bits per heavy atom. The fraction of sp³-hybridized carbons (Fsp3) is 0.417. The second kappa shape index (κ2) is 10.5. The topological polar surface area (TPSA) is 118 Å². The van der Waals surface area contributed by atoms with Crippen molar-refractivity contribution in [1.82, 2.24) is 10.6 Å². The van der Waals surface area contributed by atoms with Crippen molar-refractivity contribution < 1.29 is 28.9 Å². The van der Waals surface area contributed by atoms with Gasteiger partial charge in [0.2, 0.25) is 12.7 Å². The summed E-state index contributed by atoms with van der Waals surface area (Å²) in [7, 11) is 0. The summed E-state index contributed by atoms with van der Waals surface area (Å²) in [5, 5.41) is 18.4. The van der Waals surface area contributed by atoms with Gasteiger partial charge in [-0.2, -0.15) is 0 Å². The molecular weight excluding hydrogens is 426 g/mol. The van der Waals surface area contributed by atoms with E-state index in [1.165, 1.54) is 0 Å². The van der Waals surface area contributed by atoms with Gasteiger partial charge >= 0.3 is 6.03 Å². The zero-order chi connectivity index (χ0) is 23.2. The van der Waals surface area contributed by atoms with E-state index in [4.69, 9.17) is 14.2 Å². The number of aliphatic hydroxyl groups is 1. The van der Waals surface area contributed by atoms with E-state index in [0.717, 1.165) is 5.56 Å². The molecule has 9 heteroatoms. The number of hydrogen-bond donors (Lipinski definition) is 4. The fourth-order valence-electron chi connectivity index (χ4n) is 4.09. The maximum atomic E-state index is 12.5. The Morgan fingerprint density at radius 1 is 1.09 bits per heavy atom. The highest BCUT2D eigenvalue weighted by molar-refractivity contribution is 5.90. The molecule has 9 nitrogen and oxygen atoms in total. The molecule has 3 amide bonds. The molecule has 2 heterocycles. The molecule has 1 saturated heterocycles. The van der Waals surface area contributed by atoms with Gasteiger partial charge in [0, 0.05) is 11.8 Å². The van der Waals surface area contributed by atoms with Crippen LogP contribution in [0.15, 0.2) is 48.5 Å². The summed E-state index contributed by atoms with van der Waals surface area (Å²) in [6.07, 6.45) is 0.472. The average Bonchev–Trinajstić information content (AvgIpc) is 3.28. The SMILES string of the molecule is C[C@@H](NC(=O)C[C@H]1CC[C@H](NC(=O)Nc2ccc3c(c2)OCO3)[C@@H](CO)O1)c1ccccc1. The minimum absolute atomic E-state index is 0.106. The second-order valence-electron chi connectivity index (χ2n) is 8.23. The molecule has 2 aliphatic heterocycles. The van der Waals surface area contributed by atoms with Gasteiger partial charge in [-0.1, -0.05) is 30.3 Å². The lowest BCUT2D eigenvalue weighted by molar-refractivity contribution is -0.131. The summed E-state index contributed by atoms with van der Waals surface area (Å²) in [4.78, 5) is 24.9. The summed E-state index contributed by atoms with van der Waals surface area (Å²) in [5.74, 6) is 1.10. The number of nitrogens with one attached hydrogen (secondary N) is 3. The molecule has 176 valence electrons. The summed E-state index contributed by atoms with van der Waals surface area (Å²) in [6.45, 7) is 1.84. The third-order valence-corrected chi connectivity index (χ3v) is 5.83. The van der Waals surface area contributed by atoms with E-state index in [2.05, 4.69) is 16.0 Å². The normalized spacial score (nSPS) is 22.3. The van der Waals surface area contributed by atoms with Gasteiger partial charge in [0.15, 0.2) is 11.5 Å². The molecule has 0 saturated carbocycles. The number of aliphatic hydroxyl groups excluding tert-OH is 1. The molecule has 0 unspecified atom stereocenters. The molecule has 0 aliphatic carbocycles. The largest absolute Gasteiger partial charge is 0.454 e. The minimum atomic E-state index is -0.592. The van der Waals surface area contributed by atoms with Crippen molar-refractivity contribution in [2.75, 3.05) is 18.7 Å². The van der Waals surface area contributed by atoms with Crippen molar-refractivity contribution in [2.45, 2.75) is 50.5 Å². The van der Waals surface area contributed by atoms with Gasteiger partial charge in [0.05, 0.1) is 31.2 Å². The number of carbonyl (C=O) groups is 2. The van der Waals surface area contributed by atoms with Gasteiger partial charge < -0.3 is 35.3 Å². The van der Waals surface area contributed by atoms with Gasteiger partial charge in [0.25, 0.3) is 0 Å². The van der Waals surface area contributed by atoms with Crippen molar-refractivity contribution in [2.24, 2.45) is 0 Å². The number of rotatable bonds is 7. The Bertz CT molecular complexity index is 970. The first kappa shape index (κ1) is 22.9. The number of amides is 3. The number of fused-ring (bicyclic) bond motifs is 1. The van der Waals surface area contributed by atoms with E-state index >= 15 is 0 Å². The average molecular weight is 456 g/mol. The number of urea groups is 1. The smallest absolute Gasteiger partial charge is 0.319 e. The summed E-state index contributed by atoms with van der Waals surface area (Å²) < 4.78 is 16.5. The molecule has 0 bridgehead atoms. The monoisotopic (exact) mass is 455 g/mol. The highest BCUT2D eigenvalue weighted by Gasteiger charge is 2.33. The van der Waals surface area contributed by atoms with Crippen LogP contribution >= 0.6 is 0 Å². The van der Waals surface area contributed by atoms with Crippen LogP contribution in [-0.2, 0) is 9.53 Å². The van der Waals surface area contributed by atoms with Crippen LogP contribution in [0.2, 0.25) is 0 Å². The highest BCUT2D eigenvalue weighted by Crippen LogP contribution is 2.34. The van der Waals surface area contributed by atoms with Crippen molar-refractivity contribution in [3.63, 3.8) is 0 Å². The molecular formula is C24H29N3O6. The van der Waals surface area contributed by atoms with E-state index in [0.29, 0.717) is 30.0 Å². The first-order valence-electron chi connectivity index (χ1n) is 11.1. The molecule has 33 heavy (non-hydrogen) atoms. The molecule has 2 aromatic carbocycles. The fourth-order valence-corrected chi connectivity index (χ4v) is 4.09. The van der Waals surface area contributed by atoms with E-state index in [-0.39, 0.29) is 43.9 Å². The first-order valence-corrected chi connectivity index (χ1v) is 11.1. The molecule has 0 spiro atoms. The predicted molar refractivity (Wildman–Crippen MR) is 121 cm³/mol. The predicted octanol–water partition coefficient (Wildman–Crippen LogP) is 2.71. The third-order valence-electron chi connectivity index (χ3n) is 5.83. The molecule has 2 aromatic rings. The molecule has 4 rings (SSSR count). The molecule has 2 aliphatic rings. The van der Waals surface area contributed by atoms with E-state index in [1.807, 2.05) is 37.3 Å². The summed E-state index contributed by atoms with van der Waals surface area (Å²) >= 11 is 0. The number of benzene rings is 2. The van der Waals surface area contributed by atoms with Gasteiger partial charge in [-0.15, -0.1) is 0 Å². The van der Waals surface area contributed by atoms with E-state index < -0.39 is 12.1 Å². The van der Waals surface area contributed by atoms with Crippen molar-refractivity contribution in [1.29, 1.82) is 0 Å². The number of anilines is 1. The lowest BCUT2D eigenvalue weighted by atomic mass is 9.97. The van der Waals surface area contributed by atoms with Crippen LogP contribution in [0.4, 0.5) is 10.5 Å². The van der Waals surface area contributed by atoms with Gasteiger partial charge in [-0.05, 0) is 37.5 Å². The number of ether oxygens (including phenoxy) is 3. The number of carbonyl (C=O) groups excluding carboxylic acids is 2. The highest BCUT2D eigenvalue weighted by atomic mass is 16.7. The zero-order valence-corrected chi connectivity index (χ0v) is 18.5. The van der Waals surface area contributed by atoms with Gasteiger partial charge in [-0.3, -0.25) is 4.79 Å². The standard InChI is InChI=1S/C24H29N3O6/c1-15(16-5-3-2-4-6-16)25-23(29)12-18-8-9-19(22(13-28)33-18)27-24(30)26-17-7-10-20-21(11-17)32-14-31-20/h2-7,10-11,15,18-19,22,28H,8-9,12-14H2,1H3,(H,25,29)(H2,26,27,30)/t15-,18-,19+,22-/m1/s1. The van der Waals surface area contributed by atoms with E-state index in [1.54, 1.807) is 18.2 Å². The molecule has 1 fully saturated rings. The maximum Gasteiger partial charge on any atom is 0.319 e. The lowest BCUT2D eigenvalue weighted by Crippen LogP contribution is -2.52. The summed E-state index contributed by atoms with van der Waals surface area (Å²) in [6, 6.07) is 14.0. The summed E-state index contributed by atoms with van der Waals surface area (Å²) in [5.41, 5.74) is 1.59. The molecule has 0 aromatic heterocycles. The van der Waals surface area contributed by atoms with Crippen LogP contribution in [0.3, 0.4) is 0 Å². The van der Waals surface area contributed by atoms with Crippen molar-refractivity contribution >= 4 is 17.6 Å². The van der Waals surface area contributed by atoms with Crippen LogP contribution in [0.25, 0.3) is 0 Å². The van der Waals surface area contributed by atoms with Crippen LogP contribution in [0.1, 0.15) is 37.8 Å². The Morgan fingerprint density at radius 3 is 2.67 bits per heavy atom. The Kier molecular flexibility index (Phi) is 7.31. The lowest BCUT2D eigenvalue weighted by Gasteiger charge is -2.36. The second-order valence-corrected chi connectivity index (χ2v) is 8.23. The Balaban J connectivity index is 1.25. The van der Waals surface area contributed by atoms with Crippen LogP contribution in [0.5, 0.6) is 11.5 Å². The zero-order valence-electron chi connectivity index (χ0n) is 18.5. The third kappa shape index (κ3) is 5.94. The molecule has 0 radical (unpaired) electrons. The molecule has 4 atom stereocenters. The van der Waals surface area contributed by atoms with Gasteiger partial charge in [0.1, 0.15) is 6.10 Å². The van der Waals surface area contributed by atoms with Crippen molar-refractivity contribution in [3.05, 3.63) is 54.1 Å². The maximum absolute atomic E-state index is 12.5. The first-order chi connectivity index (χ1) is 16.0. The Labute approximate surface area is 192 Å². The van der Waals surface area contributed by atoms with Gasteiger partial charge in [-0.25, -0.2) is 4.79 Å². The van der Waals surface area contributed by atoms with Crippen molar-refractivity contribution in [3.8, 4) is 11.5 Å².